The van der Waals surface area contributed by atoms with E-state index in [0.29, 0.717) is 0 Å². The molecule has 0 fully saturated rings. The fourth-order valence-electron chi connectivity index (χ4n) is 2.50. The van der Waals surface area contributed by atoms with Crippen molar-refractivity contribution < 1.29 is 36.3 Å². The normalized spacial score (nSPS) is 12.1. The number of ketones is 1. The second-order valence-corrected chi connectivity index (χ2v) is 7.85. The first kappa shape index (κ1) is 21.4. The minimum Gasteiger partial charge on any atom is -0.493 e. The van der Waals surface area contributed by atoms with E-state index in [9.17, 15) is 36.3 Å². The Hall–Kier alpha value is -2.89. The molecule has 2 rings (SSSR count). The predicted molar refractivity (Wildman–Crippen MR) is 92.0 cm³/mol. The number of hydrogen-bond donors (Lipinski definition) is 2. The molecule has 8 nitrogen and oxygen atoms in total. The molecule has 0 atom stereocenters. The fraction of sp³-hybridized carbons (Fsp3) is 0.312. The zero-order chi connectivity index (χ0) is 21.4. The third kappa shape index (κ3) is 4.01. The summed E-state index contributed by atoms with van der Waals surface area (Å²) in [5, 5.41) is 15.3. The highest BCUT2D eigenvalue weighted by atomic mass is 32.2. The summed E-state index contributed by atoms with van der Waals surface area (Å²) in [5.41, 5.74) is -1.27. The van der Waals surface area contributed by atoms with E-state index in [4.69, 9.17) is 0 Å². The average Bonchev–Trinajstić information content (AvgIpc) is 2.94. The van der Waals surface area contributed by atoms with Crippen LogP contribution in [0.15, 0.2) is 23.2 Å². The van der Waals surface area contributed by atoms with Crippen LogP contribution in [0.2, 0.25) is 0 Å². The van der Waals surface area contributed by atoms with Crippen molar-refractivity contribution in [2.75, 3.05) is 11.6 Å². The molecule has 1 aromatic heterocycles. The molecule has 12 heteroatoms. The molecule has 0 radical (unpaired) electrons. The molecule has 0 aliphatic heterocycles. The van der Waals surface area contributed by atoms with Crippen molar-refractivity contribution in [3.63, 3.8) is 0 Å². The number of rotatable bonds is 5. The first-order chi connectivity index (χ1) is 12.8. The van der Waals surface area contributed by atoms with Crippen LogP contribution >= 0.6 is 0 Å². The van der Waals surface area contributed by atoms with E-state index >= 15 is 0 Å². The van der Waals surface area contributed by atoms with E-state index in [-0.39, 0.29) is 23.2 Å². The summed E-state index contributed by atoms with van der Waals surface area (Å²) in [6, 6.07) is 2.02. The van der Waals surface area contributed by atoms with Crippen LogP contribution in [0.25, 0.3) is 0 Å². The lowest BCUT2D eigenvalue weighted by atomic mass is 9.99. The quantitative estimate of drug-likeness (QED) is 0.716. The molecular formula is C16H16F3N3O5S. The monoisotopic (exact) mass is 419 g/mol. The number of carbonyl (C=O) groups excluding carboxylic acids is 2. The minimum absolute atomic E-state index is 0.198. The number of halogens is 3. The average molecular weight is 419 g/mol. The first-order valence-electron chi connectivity index (χ1n) is 7.80. The maximum absolute atomic E-state index is 12.7. The maximum atomic E-state index is 12.7. The Morgan fingerprint density at radius 1 is 1.25 bits per heavy atom. The van der Waals surface area contributed by atoms with Gasteiger partial charge in [-0.1, -0.05) is 0 Å². The van der Waals surface area contributed by atoms with Crippen LogP contribution in [0, 0.1) is 6.92 Å². The zero-order valence-corrected chi connectivity index (χ0v) is 15.8. The summed E-state index contributed by atoms with van der Waals surface area (Å²) < 4.78 is 62.9. The van der Waals surface area contributed by atoms with Gasteiger partial charge in [0.1, 0.15) is 5.56 Å². The molecule has 2 N–H and O–H groups in total. The van der Waals surface area contributed by atoms with Gasteiger partial charge >= 0.3 is 12.1 Å². The molecule has 1 amide bonds. The van der Waals surface area contributed by atoms with Crippen LogP contribution in [-0.4, -0.2) is 47.4 Å². The Morgan fingerprint density at radius 3 is 2.32 bits per heavy atom. The number of nitrogens with one attached hydrogen (secondary N) is 1. The summed E-state index contributed by atoms with van der Waals surface area (Å²) in [7, 11) is -4.02. The second kappa shape index (κ2) is 7.26. The molecule has 2 aromatic rings. The highest BCUT2D eigenvalue weighted by Crippen LogP contribution is 2.32. The Morgan fingerprint density at radius 2 is 1.86 bits per heavy atom. The van der Waals surface area contributed by atoms with Gasteiger partial charge in [-0.25, -0.2) is 13.1 Å². The van der Waals surface area contributed by atoms with Gasteiger partial charge in [0, 0.05) is 18.4 Å². The van der Waals surface area contributed by atoms with Crippen molar-refractivity contribution in [3.05, 3.63) is 35.0 Å². The Kier molecular flexibility index (Phi) is 5.55. The Balaban J connectivity index is 2.65. The van der Waals surface area contributed by atoms with Crippen LogP contribution in [0.5, 0.6) is 5.88 Å². The highest BCUT2D eigenvalue weighted by molar-refractivity contribution is 7.90. The van der Waals surface area contributed by atoms with Gasteiger partial charge in [-0.05, 0) is 31.5 Å². The molecule has 0 saturated heterocycles. The number of benzene rings is 1. The topological polar surface area (TPSA) is 118 Å². The van der Waals surface area contributed by atoms with Crippen molar-refractivity contribution in [1.29, 1.82) is 0 Å². The number of alkyl halides is 3. The number of anilines is 1. The van der Waals surface area contributed by atoms with Gasteiger partial charge in [-0.3, -0.25) is 9.59 Å². The molecule has 0 spiro atoms. The zero-order valence-electron chi connectivity index (χ0n) is 15.0. The number of amides is 1. The molecule has 0 aliphatic carbocycles. The number of hydrogen-bond acceptors (Lipinski definition) is 6. The van der Waals surface area contributed by atoms with Crippen molar-refractivity contribution >= 4 is 27.2 Å². The summed E-state index contributed by atoms with van der Waals surface area (Å²) in [6.45, 7) is 3.12. The number of sulfone groups is 1. The number of aromatic hydroxyl groups is 1. The number of carbonyl (C=O) groups is 2. The molecule has 0 unspecified atom stereocenters. The molecule has 152 valence electrons. The smallest absolute Gasteiger partial charge is 0.471 e. The molecule has 0 bridgehead atoms. The maximum Gasteiger partial charge on any atom is 0.471 e. The van der Waals surface area contributed by atoms with Crippen LogP contribution < -0.4 is 5.32 Å². The van der Waals surface area contributed by atoms with Gasteiger partial charge in [-0.15, -0.1) is 0 Å². The van der Waals surface area contributed by atoms with Gasteiger partial charge in [0.25, 0.3) is 0 Å². The van der Waals surface area contributed by atoms with Crippen LogP contribution in [0.1, 0.15) is 28.4 Å². The summed E-state index contributed by atoms with van der Waals surface area (Å²) in [4.78, 5) is 23.5. The van der Waals surface area contributed by atoms with Crippen LogP contribution in [-0.2, 0) is 21.2 Å². The van der Waals surface area contributed by atoms with E-state index in [1.165, 1.54) is 12.2 Å². The van der Waals surface area contributed by atoms with Crippen molar-refractivity contribution in [1.82, 2.24) is 9.78 Å². The van der Waals surface area contributed by atoms with E-state index in [1.54, 1.807) is 6.92 Å². The van der Waals surface area contributed by atoms with Gasteiger partial charge < -0.3 is 10.4 Å². The predicted octanol–water partition coefficient (Wildman–Crippen LogP) is 2.05. The van der Waals surface area contributed by atoms with Crippen LogP contribution in [0.3, 0.4) is 0 Å². The van der Waals surface area contributed by atoms with Crippen molar-refractivity contribution in [2.24, 2.45) is 0 Å². The highest BCUT2D eigenvalue weighted by Gasteiger charge is 2.40. The molecular weight excluding hydrogens is 403 g/mol. The van der Waals surface area contributed by atoms with Crippen molar-refractivity contribution in [3.8, 4) is 5.88 Å². The number of nitrogens with zero attached hydrogens (tertiary/aromatic N) is 2. The van der Waals surface area contributed by atoms with Gasteiger partial charge in [-0.2, -0.15) is 18.3 Å². The van der Waals surface area contributed by atoms with E-state index < -0.39 is 44.2 Å². The lowest BCUT2D eigenvalue weighted by Crippen LogP contribution is -2.31. The molecule has 28 heavy (non-hydrogen) atoms. The number of aryl methyl sites for hydroxylation is 1. The van der Waals surface area contributed by atoms with Gasteiger partial charge in [0.05, 0.1) is 16.8 Å². The molecule has 0 saturated carbocycles. The van der Waals surface area contributed by atoms with Gasteiger partial charge in [0.15, 0.2) is 15.6 Å². The fourth-order valence-corrected chi connectivity index (χ4v) is 3.39. The van der Waals surface area contributed by atoms with E-state index in [2.05, 4.69) is 5.10 Å². The molecule has 1 aromatic carbocycles. The van der Waals surface area contributed by atoms with Gasteiger partial charge in [0.2, 0.25) is 5.88 Å². The second-order valence-electron chi connectivity index (χ2n) is 5.86. The third-order valence-corrected chi connectivity index (χ3v) is 5.06. The Labute approximate surface area is 157 Å². The standard InChI is InChI=1S/C16H16F3N3O5S/c1-4-22-14(24)10(7-20-22)13(23)9-5-6-11(28(3,26)27)12(8(9)2)21-15(25)16(17,18)19/h5-7,24H,4H2,1-3H3,(H,21,25). The first-order valence-corrected chi connectivity index (χ1v) is 9.69. The molecule has 0 aliphatic rings. The summed E-state index contributed by atoms with van der Waals surface area (Å²) in [5.74, 6) is -3.62. The molecule has 1 heterocycles. The van der Waals surface area contributed by atoms with Crippen molar-refractivity contribution in [2.45, 2.75) is 31.5 Å². The number of aromatic nitrogens is 2. The van der Waals surface area contributed by atoms with E-state index in [1.807, 2.05) is 0 Å². The SMILES string of the molecule is CCn1ncc(C(=O)c2ccc(S(C)(=O)=O)c(NC(=O)C(F)(F)F)c2C)c1O. The Bertz CT molecular complexity index is 1060. The van der Waals surface area contributed by atoms with Crippen LogP contribution in [0.4, 0.5) is 18.9 Å². The largest absolute Gasteiger partial charge is 0.493 e. The van der Waals surface area contributed by atoms with E-state index in [0.717, 1.165) is 29.3 Å². The minimum atomic E-state index is -5.26. The summed E-state index contributed by atoms with van der Waals surface area (Å²) in [6.07, 6.45) is -3.43. The third-order valence-electron chi connectivity index (χ3n) is 3.92. The lowest BCUT2D eigenvalue weighted by Gasteiger charge is -2.16. The lowest BCUT2D eigenvalue weighted by molar-refractivity contribution is -0.167. The summed E-state index contributed by atoms with van der Waals surface area (Å²) >= 11 is 0.